The molecule has 2 aliphatic heterocycles. The summed E-state index contributed by atoms with van der Waals surface area (Å²) in [4.78, 5) is 4.85. The highest BCUT2D eigenvalue weighted by atomic mass is 32.1. The Bertz CT molecular complexity index is 1140. The van der Waals surface area contributed by atoms with E-state index in [4.69, 9.17) is 4.98 Å². The molecule has 104 valence electrons. The maximum absolute atomic E-state index is 14.0. The first-order chi connectivity index (χ1) is 10.8. The minimum Gasteiger partial charge on any atom is -0.246 e. The predicted octanol–water partition coefficient (Wildman–Crippen LogP) is 5.85. The van der Waals surface area contributed by atoms with Crippen LogP contribution in [0.5, 0.6) is 0 Å². The van der Waals surface area contributed by atoms with Crippen molar-refractivity contribution in [1.82, 2.24) is 4.98 Å². The van der Waals surface area contributed by atoms with E-state index >= 15 is 0 Å². The SMILES string of the molecule is Fc1cccc2c3nc4c(ccc5ccccc54)c-3csc12. The van der Waals surface area contributed by atoms with Gasteiger partial charge in [0.25, 0.3) is 0 Å². The van der Waals surface area contributed by atoms with Crippen LogP contribution in [0.4, 0.5) is 4.39 Å². The van der Waals surface area contributed by atoms with Gasteiger partial charge in [0.15, 0.2) is 0 Å². The molecule has 1 nitrogen and oxygen atoms in total. The normalized spacial score (nSPS) is 11.9. The molecule has 0 saturated carbocycles. The molecule has 2 heterocycles. The van der Waals surface area contributed by atoms with E-state index in [0.29, 0.717) is 4.70 Å². The molecule has 0 spiro atoms. The highest BCUT2D eigenvalue weighted by Gasteiger charge is 2.18. The molecule has 5 rings (SSSR count). The second-order valence-corrected chi connectivity index (χ2v) is 6.29. The first-order valence-corrected chi connectivity index (χ1v) is 7.98. The lowest BCUT2D eigenvalue weighted by atomic mass is 10.0. The average Bonchev–Trinajstić information content (AvgIpc) is 2.95. The van der Waals surface area contributed by atoms with Gasteiger partial charge in [-0.2, -0.15) is 0 Å². The van der Waals surface area contributed by atoms with Crippen LogP contribution in [0.15, 0.2) is 60.0 Å². The third kappa shape index (κ3) is 1.49. The van der Waals surface area contributed by atoms with Crippen LogP contribution in [-0.2, 0) is 0 Å². The number of fused-ring (bicyclic) bond motifs is 7. The molecule has 3 aromatic rings. The van der Waals surface area contributed by atoms with Crippen LogP contribution < -0.4 is 0 Å². The summed E-state index contributed by atoms with van der Waals surface area (Å²) in [5.41, 5.74) is 2.99. The molecule has 0 bridgehead atoms. The number of hydrogen-bond acceptors (Lipinski definition) is 2. The second-order valence-electron chi connectivity index (χ2n) is 5.41. The molecule has 2 aliphatic rings. The van der Waals surface area contributed by atoms with Crippen LogP contribution in [0.2, 0.25) is 0 Å². The molecule has 0 atom stereocenters. The van der Waals surface area contributed by atoms with Gasteiger partial charge in [0.05, 0.1) is 15.9 Å². The number of aromatic nitrogens is 1. The van der Waals surface area contributed by atoms with E-state index in [1.165, 1.54) is 22.8 Å². The molecule has 0 fully saturated rings. The Morgan fingerprint density at radius 1 is 0.818 bits per heavy atom. The largest absolute Gasteiger partial charge is 0.246 e. The topological polar surface area (TPSA) is 12.9 Å². The first kappa shape index (κ1) is 12.1. The number of rotatable bonds is 0. The zero-order valence-corrected chi connectivity index (χ0v) is 12.3. The van der Waals surface area contributed by atoms with Crippen molar-refractivity contribution in [3.63, 3.8) is 0 Å². The van der Waals surface area contributed by atoms with E-state index in [1.54, 1.807) is 6.07 Å². The molecule has 0 amide bonds. The molecule has 0 aromatic heterocycles. The third-order valence-corrected chi connectivity index (χ3v) is 5.19. The summed E-state index contributed by atoms with van der Waals surface area (Å²) >= 11 is 1.44. The number of nitrogens with zero attached hydrogens (tertiary/aromatic N) is 1. The van der Waals surface area contributed by atoms with Crippen molar-refractivity contribution in [3.05, 3.63) is 65.8 Å². The first-order valence-electron chi connectivity index (χ1n) is 7.10. The maximum atomic E-state index is 14.0. The standard InChI is InChI=1S/C19H10FNS/c20-16-7-3-6-14-18-15(10-22-19(14)16)13-9-8-11-4-1-2-5-12(11)17(13)21-18/h1-10H. The van der Waals surface area contributed by atoms with Gasteiger partial charge in [0.1, 0.15) is 5.82 Å². The van der Waals surface area contributed by atoms with Crippen LogP contribution >= 0.6 is 11.3 Å². The van der Waals surface area contributed by atoms with Gasteiger partial charge in [0.2, 0.25) is 0 Å². The lowest BCUT2D eigenvalue weighted by Gasteiger charge is -2.03. The predicted molar refractivity (Wildman–Crippen MR) is 91.2 cm³/mol. The van der Waals surface area contributed by atoms with E-state index in [0.717, 1.165) is 32.9 Å². The lowest BCUT2D eigenvalue weighted by molar-refractivity contribution is 0.641. The van der Waals surface area contributed by atoms with Crippen LogP contribution in [0.25, 0.3) is 43.0 Å². The molecule has 3 heteroatoms. The minimum absolute atomic E-state index is 0.179. The highest BCUT2D eigenvalue weighted by Crippen LogP contribution is 2.41. The number of hydrogen-bond donors (Lipinski definition) is 0. The fraction of sp³-hybridized carbons (Fsp3) is 0. The second kappa shape index (κ2) is 4.24. The summed E-state index contributed by atoms with van der Waals surface area (Å²) in [6, 6.07) is 17.7. The lowest BCUT2D eigenvalue weighted by Crippen LogP contribution is -1.82. The van der Waals surface area contributed by atoms with Crippen molar-refractivity contribution in [2.75, 3.05) is 0 Å². The van der Waals surface area contributed by atoms with Gasteiger partial charge >= 0.3 is 0 Å². The number of benzene rings is 3. The highest BCUT2D eigenvalue weighted by molar-refractivity contribution is 7.17. The Balaban J connectivity index is 2.05. The van der Waals surface area contributed by atoms with E-state index in [1.807, 2.05) is 23.6 Å². The zero-order valence-electron chi connectivity index (χ0n) is 11.5. The third-order valence-electron chi connectivity index (χ3n) is 4.19. The van der Waals surface area contributed by atoms with Gasteiger partial charge in [-0.1, -0.05) is 48.5 Å². The summed E-state index contributed by atoms with van der Waals surface area (Å²) < 4.78 is 14.7. The van der Waals surface area contributed by atoms with E-state index in [9.17, 15) is 4.39 Å². The van der Waals surface area contributed by atoms with Gasteiger partial charge < -0.3 is 0 Å². The fourth-order valence-electron chi connectivity index (χ4n) is 3.15. The Morgan fingerprint density at radius 2 is 1.68 bits per heavy atom. The Labute approximate surface area is 130 Å². The van der Waals surface area contributed by atoms with Gasteiger partial charge in [-0.15, -0.1) is 11.3 Å². The molecule has 0 aliphatic carbocycles. The van der Waals surface area contributed by atoms with Crippen molar-refractivity contribution in [1.29, 1.82) is 0 Å². The van der Waals surface area contributed by atoms with Crippen molar-refractivity contribution in [2.24, 2.45) is 0 Å². The fourth-order valence-corrected chi connectivity index (χ4v) is 4.10. The van der Waals surface area contributed by atoms with E-state index < -0.39 is 0 Å². The van der Waals surface area contributed by atoms with E-state index in [-0.39, 0.29) is 5.82 Å². The quantitative estimate of drug-likeness (QED) is 0.350. The minimum atomic E-state index is -0.179. The zero-order chi connectivity index (χ0) is 14.7. The van der Waals surface area contributed by atoms with Crippen molar-refractivity contribution in [2.45, 2.75) is 0 Å². The Morgan fingerprint density at radius 3 is 2.64 bits per heavy atom. The van der Waals surface area contributed by atoms with Gasteiger partial charge in [-0.05, 0) is 11.5 Å². The van der Waals surface area contributed by atoms with Crippen molar-refractivity contribution >= 4 is 43.1 Å². The summed E-state index contributed by atoms with van der Waals surface area (Å²) in [6.45, 7) is 0. The summed E-state index contributed by atoms with van der Waals surface area (Å²) in [5.74, 6) is -0.179. The Hall–Kier alpha value is -2.52. The summed E-state index contributed by atoms with van der Waals surface area (Å²) in [7, 11) is 0. The summed E-state index contributed by atoms with van der Waals surface area (Å²) in [6.07, 6.45) is 0. The molecule has 0 radical (unpaired) electrons. The molecule has 3 aromatic carbocycles. The van der Waals surface area contributed by atoms with Gasteiger partial charge in [-0.3, -0.25) is 0 Å². The van der Waals surface area contributed by atoms with Crippen LogP contribution in [-0.4, -0.2) is 4.98 Å². The van der Waals surface area contributed by atoms with Crippen molar-refractivity contribution in [3.8, 4) is 11.3 Å². The molecule has 0 unspecified atom stereocenters. The van der Waals surface area contributed by atoms with Crippen LogP contribution in [0.3, 0.4) is 0 Å². The number of halogens is 1. The van der Waals surface area contributed by atoms with Gasteiger partial charge in [-0.25, -0.2) is 9.37 Å². The maximum Gasteiger partial charge on any atom is 0.141 e. The average molecular weight is 303 g/mol. The van der Waals surface area contributed by atoms with Crippen LogP contribution in [0.1, 0.15) is 0 Å². The smallest absolute Gasteiger partial charge is 0.141 e. The monoisotopic (exact) mass is 303 g/mol. The van der Waals surface area contributed by atoms with E-state index in [2.05, 4.69) is 24.3 Å². The molecule has 0 N–H and O–H groups in total. The van der Waals surface area contributed by atoms with Gasteiger partial charge in [0, 0.05) is 27.1 Å². The van der Waals surface area contributed by atoms with Crippen LogP contribution in [0, 0.1) is 5.82 Å². The molecule has 22 heavy (non-hydrogen) atoms. The van der Waals surface area contributed by atoms with Crippen molar-refractivity contribution < 1.29 is 4.39 Å². The molecule has 0 saturated heterocycles. The Kier molecular flexibility index (Phi) is 2.33. The summed E-state index contributed by atoms with van der Waals surface area (Å²) in [5, 5.41) is 6.37. The molecular weight excluding hydrogens is 293 g/mol. The molecular formula is C19H10FNS.